The molecule has 0 N–H and O–H groups in total. The summed E-state index contributed by atoms with van der Waals surface area (Å²) in [5, 5.41) is 0. The summed E-state index contributed by atoms with van der Waals surface area (Å²) >= 11 is 0. The molecule has 3 aromatic heterocycles. The smallest absolute Gasteiger partial charge is 0.132 e. The van der Waals surface area contributed by atoms with Crippen LogP contribution in [0.1, 0.15) is 47.2 Å². The molecule has 0 saturated carbocycles. The minimum absolute atomic E-state index is 0.209. The zero-order valence-corrected chi connectivity index (χ0v) is 29.5. The van der Waals surface area contributed by atoms with E-state index in [-0.39, 0.29) is 5.41 Å². The lowest BCUT2D eigenvalue weighted by Gasteiger charge is -2.50. The van der Waals surface area contributed by atoms with E-state index < -0.39 is 5.41 Å². The van der Waals surface area contributed by atoms with Gasteiger partial charge in [0.05, 0.1) is 28.2 Å². The molecule has 4 nitrogen and oxygen atoms in total. The first kappa shape index (κ1) is 31.1. The van der Waals surface area contributed by atoms with Gasteiger partial charge in [-0.15, -0.1) is 0 Å². The molecular weight excluding hydrogens is 647 g/mol. The van der Waals surface area contributed by atoms with E-state index >= 15 is 0 Å². The number of fused-ring (bicyclic) bond motifs is 8. The average molecular weight is 682 g/mol. The quantitative estimate of drug-likeness (QED) is 0.185. The van der Waals surface area contributed by atoms with Crippen molar-refractivity contribution in [2.24, 2.45) is 0 Å². The molecule has 10 rings (SSSR count). The van der Waals surface area contributed by atoms with Crippen LogP contribution in [0.4, 0.5) is 0 Å². The van der Waals surface area contributed by atoms with Crippen LogP contribution in [0.2, 0.25) is 0 Å². The van der Waals surface area contributed by atoms with Gasteiger partial charge in [0.25, 0.3) is 0 Å². The number of pyridine rings is 3. The van der Waals surface area contributed by atoms with Crippen molar-refractivity contribution >= 4 is 0 Å². The molecule has 1 aliphatic carbocycles. The Morgan fingerprint density at radius 1 is 0.377 bits per heavy atom. The Hall–Kier alpha value is -6.65. The van der Waals surface area contributed by atoms with E-state index in [4.69, 9.17) is 9.72 Å². The SMILES string of the molecule is CC1(C)c2ccccc2C2(c3ccccc3Oc3ccccc32)c2cc(-c3ccc(-c4cc(-c5ccccn5)nc(-c5ccccn5)c4)cc3)ccc21. The molecule has 4 heteroatoms. The van der Waals surface area contributed by atoms with Crippen LogP contribution < -0.4 is 4.74 Å². The maximum absolute atomic E-state index is 6.62. The van der Waals surface area contributed by atoms with Crippen LogP contribution in [-0.4, -0.2) is 15.0 Å². The minimum Gasteiger partial charge on any atom is -0.457 e. The second kappa shape index (κ2) is 12.0. The number of nitrogens with zero attached hydrogens (tertiary/aromatic N) is 3. The second-order valence-electron chi connectivity index (χ2n) is 14.4. The van der Waals surface area contributed by atoms with Crippen LogP contribution in [-0.2, 0) is 10.8 Å². The van der Waals surface area contributed by atoms with Gasteiger partial charge >= 0.3 is 0 Å². The van der Waals surface area contributed by atoms with Crippen LogP contribution in [0.15, 0.2) is 176 Å². The van der Waals surface area contributed by atoms with E-state index in [0.29, 0.717) is 0 Å². The predicted molar refractivity (Wildman–Crippen MR) is 212 cm³/mol. The van der Waals surface area contributed by atoms with Gasteiger partial charge in [0.1, 0.15) is 11.5 Å². The number of hydrogen-bond donors (Lipinski definition) is 0. The van der Waals surface area contributed by atoms with E-state index in [0.717, 1.165) is 51.0 Å². The minimum atomic E-state index is -0.552. The molecule has 5 aromatic carbocycles. The van der Waals surface area contributed by atoms with E-state index in [9.17, 15) is 0 Å². The van der Waals surface area contributed by atoms with Crippen LogP contribution in [0, 0.1) is 0 Å². The Kier molecular flexibility index (Phi) is 7.02. The van der Waals surface area contributed by atoms with Gasteiger partial charge in [0.15, 0.2) is 0 Å². The highest BCUT2D eigenvalue weighted by Gasteiger charge is 2.52. The number of benzene rings is 5. The Bertz CT molecular complexity index is 2560. The largest absolute Gasteiger partial charge is 0.457 e. The fraction of sp³-hybridized carbons (Fsp3) is 0.0816. The van der Waals surface area contributed by atoms with Crippen LogP contribution in [0.5, 0.6) is 11.5 Å². The maximum atomic E-state index is 6.62. The highest BCUT2D eigenvalue weighted by atomic mass is 16.5. The molecule has 53 heavy (non-hydrogen) atoms. The van der Waals surface area contributed by atoms with Gasteiger partial charge in [-0.05, 0) is 99.1 Å². The highest BCUT2D eigenvalue weighted by Crippen LogP contribution is 2.61. The molecular formula is C49H35N3O. The number of ether oxygens (including phenoxy) is 1. The summed E-state index contributed by atoms with van der Waals surface area (Å²) in [4.78, 5) is 14.2. The van der Waals surface area contributed by atoms with Gasteiger partial charge in [-0.25, -0.2) is 4.98 Å². The fourth-order valence-corrected chi connectivity index (χ4v) is 8.64. The third kappa shape index (κ3) is 4.79. The molecule has 0 fully saturated rings. The first-order valence-corrected chi connectivity index (χ1v) is 18.1. The van der Waals surface area contributed by atoms with Gasteiger partial charge in [0.2, 0.25) is 0 Å². The maximum Gasteiger partial charge on any atom is 0.132 e. The van der Waals surface area contributed by atoms with Gasteiger partial charge in [0, 0.05) is 28.9 Å². The van der Waals surface area contributed by atoms with Crippen molar-refractivity contribution in [1.82, 2.24) is 15.0 Å². The van der Waals surface area contributed by atoms with Crippen molar-refractivity contribution in [3.8, 4) is 56.5 Å². The standard InChI is InChI=1S/C49H35N3O/c1-48(2)36-13-3-4-14-38(36)49(39-15-5-7-19-46(39)53-47-20-8-6-16-40(47)49)41-29-34(25-26-37(41)48)32-21-23-33(24-22-32)35-30-44(42-17-9-11-27-50-42)52-45(31-35)43-18-10-12-28-51-43/h3-31H,1-2H3. The van der Waals surface area contributed by atoms with Crippen molar-refractivity contribution in [3.05, 3.63) is 210 Å². The molecule has 0 unspecified atom stereocenters. The summed E-state index contributed by atoms with van der Waals surface area (Å²) in [5.41, 5.74) is 14.6. The summed E-state index contributed by atoms with van der Waals surface area (Å²) in [6, 6.07) is 58.2. The Balaban J connectivity index is 1.14. The molecule has 252 valence electrons. The Morgan fingerprint density at radius 3 is 1.42 bits per heavy atom. The molecule has 0 radical (unpaired) electrons. The van der Waals surface area contributed by atoms with Crippen molar-refractivity contribution in [2.45, 2.75) is 24.7 Å². The van der Waals surface area contributed by atoms with Gasteiger partial charge < -0.3 is 4.74 Å². The van der Waals surface area contributed by atoms with E-state index in [1.165, 1.54) is 38.9 Å². The van der Waals surface area contributed by atoms with Crippen molar-refractivity contribution < 1.29 is 4.74 Å². The van der Waals surface area contributed by atoms with Gasteiger partial charge in [-0.2, -0.15) is 0 Å². The lowest BCUT2D eigenvalue weighted by molar-refractivity contribution is 0.425. The monoisotopic (exact) mass is 681 g/mol. The normalized spacial score (nSPS) is 14.3. The van der Waals surface area contributed by atoms with Crippen LogP contribution in [0.25, 0.3) is 45.0 Å². The third-order valence-corrected chi connectivity index (χ3v) is 11.1. The fourth-order valence-electron chi connectivity index (χ4n) is 8.64. The van der Waals surface area contributed by atoms with Crippen LogP contribution in [0.3, 0.4) is 0 Å². The van der Waals surface area contributed by atoms with Crippen molar-refractivity contribution in [3.63, 3.8) is 0 Å². The zero-order valence-electron chi connectivity index (χ0n) is 29.5. The Labute approximate surface area is 309 Å². The molecule has 0 saturated heterocycles. The molecule has 0 atom stereocenters. The topological polar surface area (TPSA) is 47.9 Å². The predicted octanol–water partition coefficient (Wildman–Crippen LogP) is 11.7. The first-order valence-electron chi connectivity index (χ1n) is 18.1. The summed E-state index contributed by atoms with van der Waals surface area (Å²) in [7, 11) is 0. The summed E-state index contributed by atoms with van der Waals surface area (Å²) < 4.78 is 6.62. The zero-order chi connectivity index (χ0) is 35.6. The van der Waals surface area contributed by atoms with Crippen molar-refractivity contribution in [1.29, 1.82) is 0 Å². The lowest BCUT2D eigenvalue weighted by Crippen LogP contribution is -2.43. The summed E-state index contributed by atoms with van der Waals surface area (Å²) in [5.74, 6) is 1.79. The van der Waals surface area contributed by atoms with Gasteiger partial charge in [-0.1, -0.05) is 123 Å². The molecule has 8 aromatic rings. The first-order chi connectivity index (χ1) is 26.0. The second-order valence-corrected chi connectivity index (χ2v) is 14.4. The molecule has 1 aliphatic heterocycles. The molecule has 0 amide bonds. The Morgan fingerprint density at radius 2 is 0.849 bits per heavy atom. The van der Waals surface area contributed by atoms with Crippen LogP contribution >= 0.6 is 0 Å². The molecule has 4 heterocycles. The summed E-state index contributed by atoms with van der Waals surface area (Å²) in [6.45, 7) is 4.71. The number of hydrogen-bond acceptors (Lipinski definition) is 4. The highest BCUT2D eigenvalue weighted by molar-refractivity contribution is 5.80. The molecule has 1 spiro atoms. The van der Waals surface area contributed by atoms with Gasteiger partial charge in [-0.3, -0.25) is 9.97 Å². The third-order valence-electron chi connectivity index (χ3n) is 11.1. The number of aromatic nitrogens is 3. The van der Waals surface area contributed by atoms with Crippen molar-refractivity contribution in [2.75, 3.05) is 0 Å². The lowest BCUT2D eigenvalue weighted by atomic mass is 9.53. The summed E-state index contributed by atoms with van der Waals surface area (Å²) in [6.07, 6.45) is 3.61. The number of rotatable bonds is 4. The van der Waals surface area contributed by atoms with E-state index in [2.05, 4.69) is 151 Å². The number of para-hydroxylation sites is 2. The average Bonchev–Trinajstić information content (AvgIpc) is 3.23. The molecule has 2 aliphatic rings. The van der Waals surface area contributed by atoms with E-state index in [1.807, 2.05) is 36.4 Å². The molecule has 0 bridgehead atoms. The van der Waals surface area contributed by atoms with E-state index in [1.54, 1.807) is 12.4 Å².